The smallest absolute Gasteiger partial charge is 0.271 e. The van der Waals surface area contributed by atoms with Crippen molar-refractivity contribution in [2.24, 2.45) is 4.99 Å². The summed E-state index contributed by atoms with van der Waals surface area (Å²) in [6.45, 7) is 5.81. The minimum absolute atomic E-state index is 0.0270. The van der Waals surface area contributed by atoms with E-state index in [-0.39, 0.29) is 11.6 Å². The van der Waals surface area contributed by atoms with E-state index in [1.807, 2.05) is 55.7 Å². The maximum Gasteiger partial charge on any atom is 0.271 e. The molecule has 1 amide bonds. The Labute approximate surface area is 195 Å². The molecule has 1 aliphatic rings. The lowest BCUT2D eigenvalue weighted by molar-refractivity contribution is -0.384. The molecule has 0 bridgehead atoms. The summed E-state index contributed by atoms with van der Waals surface area (Å²) in [6.07, 6.45) is 1.81. The summed E-state index contributed by atoms with van der Waals surface area (Å²) in [5, 5.41) is 14.6. The van der Waals surface area contributed by atoms with E-state index in [9.17, 15) is 14.9 Å². The van der Waals surface area contributed by atoms with Gasteiger partial charge in [0.15, 0.2) is 5.17 Å². The van der Waals surface area contributed by atoms with Gasteiger partial charge in [-0.15, -0.1) is 0 Å². The van der Waals surface area contributed by atoms with Crippen LogP contribution >= 0.6 is 11.8 Å². The number of nitro groups is 1. The molecule has 0 atom stereocenters. The maximum absolute atomic E-state index is 12.5. The maximum atomic E-state index is 12.5. The van der Waals surface area contributed by atoms with E-state index < -0.39 is 4.92 Å². The first kappa shape index (κ1) is 22.3. The summed E-state index contributed by atoms with van der Waals surface area (Å²) in [4.78, 5) is 28.4. The number of nitrogens with one attached hydrogen (secondary N) is 1. The molecule has 4 rings (SSSR count). The third-order valence-corrected chi connectivity index (χ3v) is 6.20. The second-order valence-corrected chi connectivity index (χ2v) is 8.62. The van der Waals surface area contributed by atoms with Gasteiger partial charge in [0.2, 0.25) is 0 Å². The lowest BCUT2D eigenvalue weighted by Gasteiger charge is -2.13. The van der Waals surface area contributed by atoms with Crippen LogP contribution in [0, 0.1) is 30.9 Å². The molecule has 2 aromatic carbocycles. The second kappa shape index (κ2) is 8.95. The lowest BCUT2D eigenvalue weighted by Crippen LogP contribution is -2.19. The predicted molar refractivity (Wildman–Crippen MR) is 130 cm³/mol. The normalized spacial score (nSPS) is 15.8. The summed E-state index contributed by atoms with van der Waals surface area (Å²) in [6, 6.07) is 14.1. The number of hydrogen-bond acceptors (Lipinski definition) is 6. The van der Waals surface area contributed by atoms with E-state index in [2.05, 4.69) is 10.3 Å². The van der Waals surface area contributed by atoms with Crippen LogP contribution in [0.4, 0.5) is 11.4 Å². The molecular formula is C24H22N4O4S. The van der Waals surface area contributed by atoms with Crippen LogP contribution in [0.25, 0.3) is 11.8 Å². The van der Waals surface area contributed by atoms with Crippen LogP contribution in [0.3, 0.4) is 0 Å². The predicted octanol–water partition coefficient (Wildman–Crippen LogP) is 5.21. The largest absolute Gasteiger partial charge is 0.495 e. The van der Waals surface area contributed by atoms with E-state index >= 15 is 0 Å². The number of rotatable bonds is 5. The number of carbonyl (C=O) groups is 1. The summed E-state index contributed by atoms with van der Waals surface area (Å²) in [5.41, 5.74) is 4.96. The third-order valence-electron chi connectivity index (χ3n) is 5.29. The Morgan fingerprint density at radius 2 is 1.85 bits per heavy atom. The number of amides is 1. The summed E-state index contributed by atoms with van der Waals surface area (Å²) < 4.78 is 7.33. The van der Waals surface area contributed by atoms with Gasteiger partial charge in [-0.3, -0.25) is 14.9 Å². The van der Waals surface area contributed by atoms with Gasteiger partial charge in [0.1, 0.15) is 5.75 Å². The number of nitrogens with zero attached hydrogens (tertiary/aromatic N) is 3. The number of amidine groups is 1. The fourth-order valence-corrected chi connectivity index (χ4v) is 4.46. The molecule has 0 aliphatic carbocycles. The van der Waals surface area contributed by atoms with Crippen LogP contribution in [0.15, 0.2) is 58.4 Å². The van der Waals surface area contributed by atoms with Crippen LogP contribution in [0.5, 0.6) is 5.75 Å². The quantitative estimate of drug-likeness (QED) is 0.319. The fraction of sp³-hybridized carbons (Fsp3) is 0.167. The highest BCUT2D eigenvalue weighted by Crippen LogP contribution is 2.34. The first-order chi connectivity index (χ1) is 15.8. The highest BCUT2D eigenvalue weighted by Gasteiger charge is 2.25. The molecule has 1 aliphatic heterocycles. The molecule has 0 radical (unpaired) electrons. The zero-order chi connectivity index (χ0) is 23.7. The van der Waals surface area contributed by atoms with Crippen LogP contribution in [-0.2, 0) is 4.79 Å². The fourth-order valence-electron chi connectivity index (χ4n) is 3.63. The highest BCUT2D eigenvalue weighted by atomic mass is 32.2. The van der Waals surface area contributed by atoms with Gasteiger partial charge in [-0.25, -0.2) is 4.99 Å². The Hall–Kier alpha value is -3.85. The molecule has 168 valence electrons. The molecule has 9 heteroatoms. The SMILES string of the molecule is COc1ccc([N+](=O)[O-])cc1-n1c(C)cc(/C=C2/SC(=Nc3ccc(C)cc3)NC2=O)c1C. The number of aromatic nitrogens is 1. The van der Waals surface area contributed by atoms with Crippen LogP contribution in [0.2, 0.25) is 0 Å². The molecular weight excluding hydrogens is 440 g/mol. The van der Waals surface area contributed by atoms with E-state index in [4.69, 9.17) is 4.74 Å². The number of non-ortho nitro benzene ring substituents is 1. The average Bonchev–Trinajstić information content (AvgIpc) is 3.27. The van der Waals surface area contributed by atoms with Crippen molar-refractivity contribution in [3.05, 3.63) is 86.1 Å². The monoisotopic (exact) mass is 462 g/mol. The summed E-state index contributed by atoms with van der Waals surface area (Å²) >= 11 is 1.27. The number of aliphatic imine (C=N–C) groups is 1. The van der Waals surface area contributed by atoms with Gasteiger partial charge in [-0.2, -0.15) is 0 Å². The summed E-state index contributed by atoms with van der Waals surface area (Å²) in [5.74, 6) is 0.297. The van der Waals surface area contributed by atoms with Crippen molar-refractivity contribution in [3.8, 4) is 11.4 Å². The van der Waals surface area contributed by atoms with Gasteiger partial charge in [-0.1, -0.05) is 17.7 Å². The van der Waals surface area contributed by atoms with E-state index in [0.717, 1.165) is 28.2 Å². The van der Waals surface area contributed by atoms with Gasteiger partial charge < -0.3 is 14.6 Å². The minimum atomic E-state index is -0.436. The van der Waals surface area contributed by atoms with E-state index in [1.165, 1.54) is 31.0 Å². The van der Waals surface area contributed by atoms with Crippen molar-refractivity contribution in [1.29, 1.82) is 0 Å². The first-order valence-corrected chi connectivity index (χ1v) is 11.0. The molecule has 1 aromatic heterocycles. The molecule has 0 saturated carbocycles. The number of benzene rings is 2. The van der Waals surface area contributed by atoms with Gasteiger partial charge in [0.05, 0.1) is 28.3 Å². The van der Waals surface area contributed by atoms with Gasteiger partial charge >= 0.3 is 0 Å². The Morgan fingerprint density at radius 1 is 1.12 bits per heavy atom. The van der Waals surface area contributed by atoms with Crippen LogP contribution in [0.1, 0.15) is 22.5 Å². The first-order valence-electron chi connectivity index (χ1n) is 10.1. The number of hydrogen-bond donors (Lipinski definition) is 1. The van der Waals surface area contributed by atoms with E-state index in [0.29, 0.717) is 21.5 Å². The van der Waals surface area contributed by atoms with Crippen LogP contribution in [-0.4, -0.2) is 27.7 Å². The Balaban J connectivity index is 1.69. The van der Waals surface area contributed by atoms with Crippen LogP contribution < -0.4 is 10.1 Å². The molecule has 1 fully saturated rings. The number of methoxy groups -OCH3 is 1. The standard InChI is InChI=1S/C24H22N4O4S/c1-14-5-7-18(8-6-14)25-24-26-23(29)22(33-24)12-17-11-15(2)27(16(17)3)20-13-19(28(30)31)9-10-21(20)32-4/h5-13H,1-4H3,(H,25,26,29)/b22-12+. The number of carbonyl (C=O) groups excluding carboxylic acids is 1. The van der Waals surface area contributed by atoms with Crippen molar-refractivity contribution < 1.29 is 14.5 Å². The number of nitro benzene ring substituents is 1. The number of aryl methyl sites for hydroxylation is 2. The average molecular weight is 463 g/mol. The Kier molecular flexibility index (Phi) is 6.06. The molecule has 0 spiro atoms. The zero-order valence-corrected chi connectivity index (χ0v) is 19.4. The van der Waals surface area contributed by atoms with Gasteiger partial charge in [0.25, 0.3) is 11.6 Å². The van der Waals surface area contributed by atoms with E-state index in [1.54, 1.807) is 12.1 Å². The Morgan fingerprint density at radius 3 is 2.52 bits per heavy atom. The van der Waals surface area contributed by atoms with Crippen molar-refractivity contribution in [2.45, 2.75) is 20.8 Å². The summed E-state index contributed by atoms with van der Waals surface area (Å²) in [7, 11) is 1.52. The molecule has 33 heavy (non-hydrogen) atoms. The molecule has 1 N–H and O–H groups in total. The molecule has 2 heterocycles. The molecule has 8 nitrogen and oxygen atoms in total. The van der Waals surface area contributed by atoms with Gasteiger partial charge in [0, 0.05) is 23.5 Å². The Bertz CT molecular complexity index is 1320. The minimum Gasteiger partial charge on any atom is -0.495 e. The third kappa shape index (κ3) is 4.54. The number of ether oxygens (including phenoxy) is 1. The highest BCUT2D eigenvalue weighted by molar-refractivity contribution is 8.18. The van der Waals surface area contributed by atoms with Gasteiger partial charge in [-0.05, 0) is 68.4 Å². The molecule has 1 saturated heterocycles. The number of thioether (sulfide) groups is 1. The van der Waals surface area contributed by atoms with Crippen molar-refractivity contribution >= 4 is 40.3 Å². The van der Waals surface area contributed by atoms with Crippen molar-refractivity contribution in [1.82, 2.24) is 9.88 Å². The zero-order valence-electron chi connectivity index (χ0n) is 18.6. The topological polar surface area (TPSA) is 98.8 Å². The lowest BCUT2D eigenvalue weighted by atomic mass is 10.2. The second-order valence-electron chi connectivity index (χ2n) is 7.59. The molecule has 3 aromatic rings. The van der Waals surface area contributed by atoms with Crippen molar-refractivity contribution in [3.63, 3.8) is 0 Å². The van der Waals surface area contributed by atoms with Crippen molar-refractivity contribution in [2.75, 3.05) is 7.11 Å². The molecule has 0 unspecified atom stereocenters.